The summed E-state index contributed by atoms with van der Waals surface area (Å²) in [5, 5.41) is 17.7. The number of aromatic carboxylic acids is 1. The van der Waals surface area contributed by atoms with Crippen LogP contribution in [0.25, 0.3) is 10.9 Å². The summed E-state index contributed by atoms with van der Waals surface area (Å²) in [6, 6.07) is 1.04. The van der Waals surface area contributed by atoms with Crippen molar-refractivity contribution in [2.24, 2.45) is 0 Å². The second kappa shape index (κ2) is 10.9. The smallest absolute Gasteiger partial charge is 0.341 e. The molecule has 0 spiro atoms. The molecule has 1 saturated heterocycles. The molecule has 0 unspecified atom stereocenters. The molecule has 1 aliphatic heterocycles. The summed E-state index contributed by atoms with van der Waals surface area (Å²) in [6.07, 6.45) is 5.57. The van der Waals surface area contributed by atoms with Gasteiger partial charge in [0.15, 0.2) is 0 Å². The largest absolute Gasteiger partial charge is 0.477 e. The Bertz CT molecular complexity index is 971. The Morgan fingerprint density at radius 2 is 1.87 bits per heavy atom. The van der Waals surface area contributed by atoms with Gasteiger partial charge >= 0.3 is 5.97 Å². The van der Waals surface area contributed by atoms with E-state index in [1.165, 1.54) is 19.3 Å². The van der Waals surface area contributed by atoms with Crippen molar-refractivity contribution in [3.05, 3.63) is 38.9 Å². The van der Waals surface area contributed by atoms with Crippen LogP contribution in [0.1, 0.15) is 29.6 Å². The summed E-state index contributed by atoms with van der Waals surface area (Å²) >= 11 is 6.38. The van der Waals surface area contributed by atoms with Crippen molar-refractivity contribution in [3.8, 4) is 0 Å². The molecule has 2 heterocycles. The number of halogens is 2. The van der Waals surface area contributed by atoms with Crippen molar-refractivity contribution in [3.63, 3.8) is 0 Å². The highest BCUT2D eigenvalue weighted by Gasteiger charge is 2.25. The molecule has 8 nitrogen and oxygen atoms in total. The lowest BCUT2D eigenvalue weighted by Gasteiger charge is -2.36. The normalized spacial score (nSPS) is 16.2. The third-order valence-electron chi connectivity index (χ3n) is 5.10. The van der Waals surface area contributed by atoms with E-state index in [-0.39, 0.29) is 28.2 Å². The number of carboxylic acids is 1. The number of hydrogen-bond acceptors (Lipinski definition) is 6. The van der Waals surface area contributed by atoms with Crippen LogP contribution in [-0.2, 0) is 4.74 Å². The first kappa shape index (κ1) is 23.5. The standard InChI is InChI=1S/C18H21ClFN3O5.C3H6/c19-14-15-11(17(25)12(10-21-15)18(26)27)9-13(20)16(14)23-3-1-22(2-4-23)5-7-28-8-6-24;1-2-3-1/h9-10,24H,1-8H2,(H,21,25)(H,26,27);1-3H2. The SMILES string of the molecule is C1CC1.O=C(O)c1c[nH]c2c(Cl)c(N3CCN(CCOCCO)CC3)c(F)cc2c1=O. The van der Waals surface area contributed by atoms with Crippen LogP contribution in [0.15, 0.2) is 17.1 Å². The van der Waals surface area contributed by atoms with E-state index >= 15 is 0 Å². The van der Waals surface area contributed by atoms with E-state index in [0.717, 1.165) is 12.3 Å². The van der Waals surface area contributed by atoms with Crippen molar-refractivity contribution in [1.29, 1.82) is 0 Å². The maximum absolute atomic E-state index is 14.8. The minimum atomic E-state index is -1.39. The highest BCUT2D eigenvalue weighted by atomic mass is 35.5. The fraction of sp³-hybridized carbons (Fsp3) is 0.524. The number of H-pyrrole nitrogens is 1. The van der Waals surface area contributed by atoms with Gasteiger partial charge in [0.05, 0.1) is 41.4 Å². The molecule has 0 radical (unpaired) electrons. The monoisotopic (exact) mass is 455 g/mol. The van der Waals surface area contributed by atoms with Crippen LogP contribution in [-0.4, -0.2) is 78.6 Å². The van der Waals surface area contributed by atoms with Gasteiger partial charge in [0.25, 0.3) is 0 Å². The van der Waals surface area contributed by atoms with Crippen molar-refractivity contribution in [2.75, 3.05) is 57.4 Å². The van der Waals surface area contributed by atoms with Gasteiger partial charge in [0, 0.05) is 38.9 Å². The third kappa shape index (κ3) is 5.94. The Morgan fingerprint density at radius 1 is 1.19 bits per heavy atom. The molecule has 31 heavy (non-hydrogen) atoms. The minimum Gasteiger partial charge on any atom is -0.477 e. The molecule has 2 aliphatic rings. The second-order valence-electron chi connectivity index (χ2n) is 7.51. The lowest BCUT2D eigenvalue weighted by molar-refractivity contribution is 0.0695. The van der Waals surface area contributed by atoms with Crippen LogP contribution >= 0.6 is 11.6 Å². The molecule has 0 amide bonds. The van der Waals surface area contributed by atoms with Crippen LogP contribution in [0.3, 0.4) is 0 Å². The highest BCUT2D eigenvalue weighted by molar-refractivity contribution is 6.37. The Kier molecular flexibility index (Phi) is 8.25. The van der Waals surface area contributed by atoms with E-state index in [2.05, 4.69) is 9.88 Å². The van der Waals surface area contributed by atoms with Crippen LogP contribution in [0, 0.1) is 5.82 Å². The molecule has 170 valence electrons. The number of nitrogens with one attached hydrogen (secondary N) is 1. The molecule has 0 bridgehead atoms. The third-order valence-corrected chi connectivity index (χ3v) is 5.47. The van der Waals surface area contributed by atoms with E-state index in [1.807, 2.05) is 4.90 Å². The number of aromatic nitrogens is 1. The van der Waals surface area contributed by atoms with Gasteiger partial charge in [-0.15, -0.1) is 0 Å². The molecule has 3 N–H and O–H groups in total. The molecule has 4 rings (SSSR count). The first-order valence-corrected chi connectivity index (χ1v) is 10.7. The van der Waals surface area contributed by atoms with Crippen molar-refractivity contribution < 1.29 is 24.1 Å². The van der Waals surface area contributed by atoms with Crippen LogP contribution in [0.2, 0.25) is 5.02 Å². The van der Waals surface area contributed by atoms with Crippen molar-refractivity contribution in [2.45, 2.75) is 19.3 Å². The van der Waals surface area contributed by atoms with E-state index in [4.69, 9.17) is 26.6 Å². The fourth-order valence-corrected chi connectivity index (χ4v) is 3.65. The number of piperazine rings is 1. The predicted molar refractivity (Wildman–Crippen MR) is 117 cm³/mol. The molecule has 2 fully saturated rings. The summed E-state index contributed by atoms with van der Waals surface area (Å²) in [6.45, 7) is 3.98. The number of carboxylic acid groups (broad SMARTS) is 1. The molecule has 1 aliphatic carbocycles. The quantitative estimate of drug-likeness (QED) is 0.550. The van der Waals surface area contributed by atoms with Gasteiger partial charge in [0.2, 0.25) is 5.43 Å². The first-order valence-electron chi connectivity index (χ1n) is 10.4. The number of carbonyl (C=O) groups is 1. The molecular formula is C21H27ClFN3O5. The molecule has 1 aromatic carbocycles. The fourth-order valence-electron chi connectivity index (χ4n) is 3.29. The maximum atomic E-state index is 14.8. The Balaban J connectivity index is 0.000000834. The number of pyridine rings is 1. The summed E-state index contributed by atoms with van der Waals surface area (Å²) in [5.74, 6) is -2.05. The summed E-state index contributed by atoms with van der Waals surface area (Å²) < 4.78 is 20.0. The number of anilines is 1. The molecule has 0 atom stereocenters. The zero-order valence-electron chi connectivity index (χ0n) is 17.2. The number of benzene rings is 1. The van der Waals surface area contributed by atoms with Gasteiger partial charge in [-0.25, -0.2) is 9.18 Å². The van der Waals surface area contributed by atoms with Gasteiger partial charge in [-0.2, -0.15) is 0 Å². The molecule has 2 aromatic rings. The zero-order valence-corrected chi connectivity index (χ0v) is 18.0. The molecule has 1 aromatic heterocycles. The molecular weight excluding hydrogens is 429 g/mol. The van der Waals surface area contributed by atoms with Gasteiger partial charge in [-0.05, 0) is 6.07 Å². The van der Waals surface area contributed by atoms with Gasteiger partial charge < -0.3 is 24.8 Å². The summed E-state index contributed by atoms with van der Waals surface area (Å²) in [5.41, 5.74) is -0.828. The number of aliphatic hydroxyl groups excluding tert-OH is 1. The van der Waals surface area contributed by atoms with E-state index in [9.17, 15) is 14.0 Å². The summed E-state index contributed by atoms with van der Waals surface area (Å²) in [4.78, 5) is 30.1. The summed E-state index contributed by atoms with van der Waals surface area (Å²) in [7, 11) is 0. The Labute approximate surface area is 184 Å². The van der Waals surface area contributed by atoms with Gasteiger partial charge in [-0.3, -0.25) is 9.69 Å². The number of rotatable bonds is 7. The molecule has 1 saturated carbocycles. The second-order valence-corrected chi connectivity index (χ2v) is 7.88. The lowest BCUT2D eigenvalue weighted by Crippen LogP contribution is -2.47. The maximum Gasteiger partial charge on any atom is 0.341 e. The topological polar surface area (TPSA) is 106 Å². The number of nitrogens with zero attached hydrogens (tertiary/aromatic N) is 2. The number of aliphatic hydroxyl groups is 1. The number of hydrogen-bond donors (Lipinski definition) is 3. The van der Waals surface area contributed by atoms with E-state index in [0.29, 0.717) is 45.9 Å². The minimum absolute atomic E-state index is 0.0103. The van der Waals surface area contributed by atoms with Crippen molar-refractivity contribution >= 4 is 34.2 Å². The number of ether oxygens (including phenoxy) is 1. The van der Waals surface area contributed by atoms with E-state index in [1.54, 1.807) is 0 Å². The number of fused-ring (bicyclic) bond motifs is 1. The average molecular weight is 456 g/mol. The van der Waals surface area contributed by atoms with Crippen LogP contribution in [0.5, 0.6) is 0 Å². The molecule has 10 heteroatoms. The highest BCUT2D eigenvalue weighted by Crippen LogP contribution is 2.35. The Morgan fingerprint density at radius 3 is 2.45 bits per heavy atom. The van der Waals surface area contributed by atoms with E-state index < -0.39 is 22.8 Å². The van der Waals surface area contributed by atoms with Crippen LogP contribution < -0.4 is 10.3 Å². The van der Waals surface area contributed by atoms with Gasteiger partial charge in [-0.1, -0.05) is 30.9 Å². The lowest BCUT2D eigenvalue weighted by atomic mass is 10.1. The Hall–Kier alpha value is -2.20. The average Bonchev–Trinajstić information content (AvgIpc) is 3.62. The predicted octanol–water partition coefficient (Wildman–Crippen LogP) is 2.32. The van der Waals surface area contributed by atoms with Crippen molar-refractivity contribution in [1.82, 2.24) is 9.88 Å². The number of aromatic amines is 1. The van der Waals surface area contributed by atoms with Gasteiger partial charge in [0.1, 0.15) is 11.4 Å². The zero-order chi connectivity index (χ0) is 22.4. The first-order chi connectivity index (χ1) is 14.9. The van der Waals surface area contributed by atoms with Crippen LogP contribution in [0.4, 0.5) is 10.1 Å².